The van der Waals surface area contributed by atoms with Gasteiger partial charge in [-0.1, -0.05) is 18.2 Å². The predicted molar refractivity (Wildman–Crippen MR) is 88.5 cm³/mol. The second kappa shape index (κ2) is 5.64. The molecular weight excluding hydrogens is 320 g/mol. The summed E-state index contributed by atoms with van der Waals surface area (Å²) in [5.74, 6) is -0.129. The first-order chi connectivity index (χ1) is 10.3. The molecule has 1 saturated heterocycles. The quantitative estimate of drug-likeness (QED) is 0.929. The largest absolute Gasteiger partial charge is 0.338 e. The van der Waals surface area contributed by atoms with Crippen LogP contribution in [0.2, 0.25) is 0 Å². The Kier molecular flexibility index (Phi) is 3.96. The maximum absolute atomic E-state index is 12.8. The topological polar surface area (TPSA) is 80.5 Å². The van der Waals surface area contributed by atoms with Crippen molar-refractivity contribution in [2.24, 2.45) is 11.1 Å². The van der Waals surface area contributed by atoms with Gasteiger partial charge in [-0.05, 0) is 25.3 Å². The van der Waals surface area contributed by atoms with Crippen LogP contribution in [0.3, 0.4) is 0 Å². The van der Waals surface area contributed by atoms with Crippen LogP contribution in [0.25, 0.3) is 10.1 Å². The highest BCUT2D eigenvalue weighted by Gasteiger charge is 2.31. The number of nitrogens with zero attached hydrogens (tertiary/aromatic N) is 1. The number of primary sulfonamides is 1. The van der Waals surface area contributed by atoms with Gasteiger partial charge in [0.1, 0.15) is 0 Å². The number of amides is 1. The molecule has 1 atom stereocenters. The molecule has 1 unspecified atom stereocenters. The van der Waals surface area contributed by atoms with E-state index < -0.39 is 10.0 Å². The lowest BCUT2D eigenvalue weighted by Gasteiger charge is -2.16. The third-order valence-corrected chi connectivity index (χ3v) is 6.05. The molecule has 2 aromatic rings. The Labute approximate surface area is 133 Å². The molecule has 1 aliphatic rings. The molecule has 22 heavy (non-hydrogen) atoms. The van der Waals surface area contributed by atoms with Crippen LogP contribution in [0.1, 0.15) is 21.7 Å². The molecule has 1 aromatic carbocycles. The van der Waals surface area contributed by atoms with Gasteiger partial charge < -0.3 is 4.90 Å². The summed E-state index contributed by atoms with van der Waals surface area (Å²) >= 11 is 1.61. The van der Waals surface area contributed by atoms with E-state index in [-0.39, 0.29) is 17.6 Å². The van der Waals surface area contributed by atoms with Gasteiger partial charge in [-0.3, -0.25) is 4.79 Å². The van der Waals surface area contributed by atoms with Crippen LogP contribution in [0, 0.1) is 12.8 Å². The van der Waals surface area contributed by atoms with Crippen molar-refractivity contribution in [3.05, 3.63) is 34.7 Å². The van der Waals surface area contributed by atoms with Crippen LogP contribution < -0.4 is 5.14 Å². The highest BCUT2D eigenvalue weighted by atomic mass is 32.2. The molecule has 0 bridgehead atoms. The number of carbonyl (C=O) groups excluding carboxylic acids is 1. The number of benzene rings is 1. The summed E-state index contributed by atoms with van der Waals surface area (Å²) in [6, 6.07) is 7.87. The molecule has 0 radical (unpaired) electrons. The maximum atomic E-state index is 12.8. The number of fused-ring (bicyclic) bond motifs is 1. The number of hydrogen-bond acceptors (Lipinski definition) is 4. The minimum Gasteiger partial charge on any atom is -0.338 e. The molecule has 2 N–H and O–H groups in total. The van der Waals surface area contributed by atoms with Crippen molar-refractivity contribution in [3.8, 4) is 0 Å². The molecule has 0 spiro atoms. The summed E-state index contributed by atoms with van der Waals surface area (Å²) in [5, 5.41) is 6.08. The number of aryl methyl sites for hydroxylation is 1. The summed E-state index contributed by atoms with van der Waals surface area (Å²) in [4.78, 5) is 15.6. The van der Waals surface area contributed by atoms with E-state index >= 15 is 0 Å². The first-order valence-corrected chi connectivity index (χ1v) is 9.66. The summed E-state index contributed by atoms with van der Waals surface area (Å²) < 4.78 is 23.5. The minimum absolute atomic E-state index is 0.00753. The van der Waals surface area contributed by atoms with E-state index in [0.717, 1.165) is 20.5 Å². The number of likely N-dealkylation sites (tertiary alicyclic amines) is 1. The van der Waals surface area contributed by atoms with E-state index in [1.807, 2.05) is 31.2 Å². The standard InChI is InChI=1S/C15H18N2O3S2/c1-10-14(12-4-2-3-5-13(12)21-10)15(18)17-7-6-11(8-17)9-22(16,19)20/h2-5,11H,6-9H2,1H3,(H2,16,19,20). The lowest BCUT2D eigenvalue weighted by atomic mass is 10.1. The number of thiophene rings is 1. The van der Waals surface area contributed by atoms with Gasteiger partial charge in [-0.25, -0.2) is 13.6 Å². The molecule has 0 saturated carbocycles. The zero-order valence-corrected chi connectivity index (χ0v) is 13.9. The second-order valence-corrected chi connectivity index (χ2v) is 8.68. The molecular formula is C15H18N2O3S2. The van der Waals surface area contributed by atoms with Crippen molar-refractivity contribution < 1.29 is 13.2 Å². The Morgan fingerprint density at radius 3 is 2.86 bits per heavy atom. The van der Waals surface area contributed by atoms with E-state index in [2.05, 4.69) is 0 Å². The number of carbonyl (C=O) groups is 1. The average Bonchev–Trinajstić information content (AvgIpc) is 2.99. The van der Waals surface area contributed by atoms with Crippen LogP contribution in [0.5, 0.6) is 0 Å². The fourth-order valence-corrected chi connectivity index (χ4v) is 5.06. The van der Waals surface area contributed by atoms with Crippen LogP contribution in [0.4, 0.5) is 0 Å². The summed E-state index contributed by atoms with van der Waals surface area (Å²) in [6.07, 6.45) is 0.684. The molecule has 2 heterocycles. The Balaban J connectivity index is 1.84. The SMILES string of the molecule is Cc1sc2ccccc2c1C(=O)N1CCC(CS(N)(=O)=O)C1. The summed E-state index contributed by atoms with van der Waals surface area (Å²) in [7, 11) is -3.49. The van der Waals surface area contributed by atoms with Crippen LogP contribution >= 0.6 is 11.3 Å². The number of nitrogens with two attached hydrogens (primary N) is 1. The normalized spacial score (nSPS) is 19.0. The molecule has 0 aliphatic carbocycles. The first-order valence-electron chi connectivity index (χ1n) is 7.13. The third kappa shape index (κ3) is 3.02. The minimum atomic E-state index is -3.49. The Bertz CT molecular complexity index is 826. The number of rotatable bonds is 3. The van der Waals surface area contributed by atoms with Crippen LogP contribution in [-0.2, 0) is 10.0 Å². The monoisotopic (exact) mass is 338 g/mol. The second-order valence-electron chi connectivity index (χ2n) is 5.76. The molecule has 118 valence electrons. The van der Waals surface area contributed by atoms with Gasteiger partial charge in [0.25, 0.3) is 5.91 Å². The zero-order valence-electron chi connectivity index (χ0n) is 12.3. The van der Waals surface area contributed by atoms with E-state index in [1.165, 1.54) is 0 Å². The Hall–Kier alpha value is -1.44. The molecule has 1 fully saturated rings. The van der Waals surface area contributed by atoms with Gasteiger partial charge in [0.05, 0.1) is 11.3 Å². The maximum Gasteiger partial charge on any atom is 0.255 e. The molecule has 7 heteroatoms. The fourth-order valence-electron chi connectivity index (χ4n) is 3.07. The predicted octanol–water partition coefficient (Wildman–Crippen LogP) is 1.96. The highest BCUT2D eigenvalue weighted by molar-refractivity contribution is 7.89. The van der Waals surface area contributed by atoms with E-state index in [0.29, 0.717) is 19.5 Å². The summed E-state index contributed by atoms with van der Waals surface area (Å²) in [5.41, 5.74) is 0.747. The highest BCUT2D eigenvalue weighted by Crippen LogP contribution is 2.32. The fraction of sp³-hybridized carbons (Fsp3) is 0.400. The zero-order chi connectivity index (χ0) is 15.9. The van der Waals surface area contributed by atoms with Gasteiger partial charge in [0.2, 0.25) is 10.0 Å². The van der Waals surface area contributed by atoms with Crippen molar-refractivity contribution in [1.29, 1.82) is 0 Å². The van der Waals surface area contributed by atoms with Gasteiger partial charge in [0, 0.05) is 28.1 Å². The number of hydrogen-bond donors (Lipinski definition) is 1. The first kappa shape index (κ1) is 15.5. The summed E-state index contributed by atoms with van der Waals surface area (Å²) in [6.45, 7) is 3.00. The Morgan fingerprint density at radius 1 is 1.41 bits per heavy atom. The van der Waals surface area contributed by atoms with E-state index in [1.54, 1.807) is 16.2 Å². The number of sulfonamides is 1. The molecule has 1 amide bonds. The van der Waals surface area contributed by atoms with Gasteiger partial charge in [-0.15, -0.1) is 11.3 Å². The lowest BCUT2D eigenvalue weighted by Crippen LogP contribution is -2.31. The van der Waals surface area contributed by atoms with Crippen molar-refractivity contribution in [2.75, 3.05) is 18.8 Å². The molecule has 5 nitrogen and oxygen atoms in total. The van der Waals surface area contributed by atoms with Gasteiger partial charge in [-0.2, -0.15) is 0 Å². The van der Waals surface area contributed by atoms with E-state index in [4.69, 9.17) is 5.14 Å². The van der Waals surface area contributed by atoms with Crippen LogP contribution in [-0.4, -0.2) is 38.1 Å². The van der Waals surface area contributed by atoms with Crippen molar-refractivity contribution in [2.45, 2.75) is 13.3 Å². The molecule has 1 aromatic heterocycles. The van der Waals surface area contributed by atoms with Gasteiger partial charge in [0.15, 0.2) is 0 Å². The van der Waals surface area contributed by atoms with Crippen molar-refractivity contribution in [1.82, 2.24) is 4.90 Å². The van der Waals surface area contributed by atoms with Crippen LogP contribution in [0.15, 0.2) is 24.3 Å². The van der Waals surface area contributed by atoms with Crippen molar-refractivity contribution >= 4 is 37.4 Å². The van der Waals surface area contributed by atoms with Gasteiger partial charge >= 0.3 is 0 Å². The lowest BCUT2D eigenvalue weighted by molar-refractivity contribution is 0.0790. The Morgan fingerprint density at radius 2 is 2.14 bits per heavy atom. The molecule has 1 aliphatic heterocycles. The smallest absolute Gasteiger partial charge is 0.255 e. The van der Waals surface area contributed by atoms with E-state index in [9.17, 15) is 13.2 Å². The average molecular weight is 338 g/mol. The van der Waals surface area contributed by atoms with Crippen molar-refractivity contribution in [3.63, 3.8) is 0 Å². The third-order valence-electron chi connectivity index (χ3n) is 4.03. The molecule has 3 rings (SSSR count).